The van der Waals surface area contributed by atoms with Crippen molar-refractivity contribution >= 4 is 0 Å². The van der Waals surface area contributed by atoms with Gasteiger partial charge in [0.05, 0.1) is 30.5 Å². The summed E-state index contributed by atoms with van der Waals surface area (Å²) in [4.78, 5) is 0. The molecular weight excluding hydrogens is 572 g/mol. The maximum absolute atomic E-state index is 10.7. The third-order valence-corrected chi connectivity index (χ3v) is 14.8. The predicted molar refractivity (Wildman–Crippen MR) is 171 cm³/mol. The number of fused-ring (bicyclic) bond motifs is 2. The topological polar surface area (TPSA) is 118 Å². The number of hydrogen-bond donors (Lipinski definition) is 4. The quantitative estimate of drug-likeness (QED) is 0.283. The molecule has 2 heterocycles. The van der Waals surface area contributed by atoms with Gasteiger partial charge in [-0.2, -0.15) is 0 Å². The molecule has 0 aromatic rings. The van der Waals surface area contributed by atoms with Gasteiger partial charge in [0.15, 0.2) is 6.29 Å². The lowest BCUT2D eigenvalue weighted by Gasteiger charge is -2.65. The number of aliphatic hydroxyl groups is 4. The number of methoxy groups -OCH3 is 1. The van der Waals surface area contributed by atoms with Gasteiger partial charge >= 0.3 is 0 Å². The van der Waals surface area contributed by atoms with Gasteiger partial charge in [0.2, 0.25) is 0 Å². The van der Waals surface area contributed by atoms with Gasteiger partial charge in [-0.3, -0.25) is 0 Å². The first-order chi connectivity index (χ1) is 21.0. The molecule has 1 spiro atoms. The summed E-state index contributed by atoms with van der Waals surface area (Å²) in [6.45, 7) is 16.6. The van der Waals surface area contributed by atoms with Gasteiger partial charge in [-0.1, -0.05) is 58.9 Å². The van der Waals surface area contributed by atoms with E-state index >= 15 is 0 Å². The summed E-state index contributed by atoms with van der Waals surface area (Å²) in [5, 5.41) is 41.1. The Kier molecular flexibility index (Phi) is 8.60. The molecule has 0 aromatic carbocycles. The van der Waals surface area contributed by atoms with Crippen molar-refractivity contribution in [3.05, 3.63) is 24.3 Å². The Hall–Kier alpha value is -0.840. The van der Waals surface area contributed by atoms with Crippen LogP contribution in [0.4, 0.5) is 0 Å². The zero-order valence-corrected chi connectivity index (χ0v) is 28.9. The third kappa shape index (κ3) is 4.74. The molecule has 14 atom stereocenters. The molecule has 8 nitrogen and oxygen atoms in total. The number of ether oxygens (including phenoxy) is 4. The highest BCUT2D eigenvalue weighted by atomic mass is 16.7. The predicted octanol–water partition coefficient (Wildman–Crippen LogP) is 4.77. The van der Waals surface area contributed by atoms with Crippen molar-refractivity contribution in [1.82, 2.24) is 0 Å². The summed E-state index contributed by atoms with van der Waals surface area (Å²) in [6.07, 6.45) is 10.5. The van der Waals surface area contributed by atoms with Crippen LogP contribution in [0.25, 0.3) is 0 Å². The molecule has 2 bridgehead atoms. The normalized spacial score (nSPS) is 51.2. The van der Waals surface area contributed by atoms with E-state index in [2.05, 4.69) is 72.8 Å². The van der Waals surface area contributed by atoms with Crippen molar-refractivity contribution in [3.8, 4) is 0 Å². The molecule has 5 fully saturated rings. The lowest BCUT2D eigenvalue weighted by Crippen LogP contribution is -2.66. The van der Waals surface area contributed by atoms with Crippen LogP contribution < -0.4 is 0 Å². The summed E-state index contributed by atoms with van der Waals surface area (Å²) in [5.74, 6) is 2.12. The molecule has 256 valence electrons. The molecule has 0 aromatic heterocycles. The standard InChI is InChI=1S/C37H60O8/c1-22(10-9-15-32(2,3)42-8)23-13-16-35(7)25-14-17-37-26(36(25,21-43-37)19-18-34(23,35)6)11-12-27(33(37,4)5)45-31-30(41)29(40)28(39)24(20-38)44-31/h9,14-15,17,22-31,38-41H,10-13,16,18-21H2,1-8H3/t22-,23-,24-,25+,26+,27+,28-,29-,30-,31+,34-,35+,36-,37-/m1/s1. The van der Waals surface area contributed by atoms with Crippen molar-refractivity contribution in [3.63, 3.8) is 0 Å². The fourth-order valence-corrected chi connectivity index (χ4v) is 11.6. The van der Waals surface area contributed by atoms with E-state index in [1.165, 1.54) is 25.7 Å². The molecular formula is C37H60O8. The minimum absolute atomic E-state index is 0.0922. The lowest BCUT2D eigenvalue weighted by molar-refractivity contribution is -0.329. The fraction of sp³-hybridized carbons (Fsp3) is 0.892. The molecule has 45 heavy (non-hydrogen) atoms. The lowest BCUT2D eigenvalue weighted by atomic mass is 9.38. The highest BCUT2D eigenvalue weighted by Gasteiger charge is 2.75. The van der Waals surface area contributed by atoms with E-state index in [0.717, 1.165) is 25.9 Å². The first kappa shape index (κ1) is 34.0. The maximum atomic E-state index is 10.7. The summed E-state index contributed by atoms with van der Waals surface area (Å²) in [5.41, 5.74) is -0.609. The molecule has 4 aliphatic carbocycles. The Labute approximate surface area is 270 Å². The summed E-state index contributed by atoms with van der Waals surface area (Å²) in [7, 11) is 1.77. The Morgan fingerprint density at radius 1 is 0.978 bits per heavy atom. The van der Waals surface area contributed by atoms with Gasteiger partial charge in [0.1, 0.15) is 24.4 Å². The third-order valence-electron chi connectivity index (χ3n) is 14.8. The van der Waals surface area contributed by atoms with Gasteiger partial charge in [-0.05, 0) is 87.4 Å². The van der Waals surface area contributed by atoms with Crippen molar-refractivity contribution in [2.75, 3.05) is 20.3 Å². The van der Waals surface area contributed by atoms with E-state index in [-0.39, 0.29) is 27.9 Å². The molecule has 6 rings (SSSR count). The first-order valence-electron chi connectivity index (χ1n) is 17.6. The second-order valence-electron chi connectivity index (χ2n) is 17.2. The largest absolute Gasteiger partial charge is 0.394 e. The van der Waals surface area contributed by atoms with E-state index in [1.54, 1.807) is 7.11 Å². The average Bonchev–Trinajstić information content (AvgIpc) is 3.39. The van der Waals surface area contributed by atoms with Crippen molar-refractivity contribution in [2.24, 2.45) is 45.3 Å². The van der Waals surface area contributed by atoms with Crippen LogP contribution in [-0.4, -0.2) is 88.8 Å². The zero-order valence-electron chi connectivity index (χ0n) is 28.9. The number of hydrogen-bond acceptors (Lipinski definition) is 8. The van der Waals surface area contributed by atoms with Crippen LogP contribution in [-0.2, 0) is 18.9 Å². The zero-order chi connectivity index (χ0) is 32.8. The van der Waals surface area contributed by atoms with Crippen LogP contribution in [0, 0.1) is 45.3 Å². The van der Waals surface area contributed by atoms with Crippen molar-refractivity contribution < 1.29 is 39.4 Å². The first-order valence-corrected chi connectivity index (χ1v) is 17.6. The van der Waals surface area contributed by atoms with Crippen LogP contribution in [0.15, 0.2) is 24.3 Å². The SMILES string of the molecule is COC(C)(C)C=CC[C@@H](C)[C@H]1CC[C@@]2(C)[C@@H]3C=C[C@@]45OC[C@@]3(CC[C@]12C)[C@@H]4CC[C@H](O[C@@H]1O[C@H](CO)[C@@H](O)[C@@H](O)[C@H]1O)C5(C)C. The monoisotopic (exact) mass is 632 g/mol. The smallest absolute Gasteiger partial charge is 0.186 e. The van der Waals surface area contributed by atoms with Crippen molar-refractivity contribution in [2.45, 2.75) is 141 Å². The van der Waals surface area contributed by atoms with Crippen molar-refractivity contribution in [1.29, 1.82) is 0 Å². The van der Waals surface area contributed by atoms with E-state index in [0.29, 0.717) is 23.7 Å². The molecule has 8 heteroatoms. The number of allylic oxidation sites excluding steroid dienone is 2. The molecule has 0 radical (unpaired) electrons. The Morgan fingerprint density at radius 2 is 1.71 bits per heavy atom. The van der Waals surface area contributed by atoms with Crippen LogP contribution in [0.2, 0.25) is 0 Å². The summed E-state index contributed by atoms with van der Waals surface area (Å²) in [6, 6.07) is 0. The number of rotatable bonds is 8. The molecule has 2 aliphatic heterocycles. The second-order valence-corrected chi connectivity index (χ2v) is 17.2. The van der Waals surface area contributed by atoms with Crippen LogP contribution in [0.3, 0.4) is 0 Å². The van der Waals surface area contributed by atoms with Crippen LogP contribution in [0.5, 0.6) is 0 Å². The average molecular weight is 633 g/mol. The maximum Gasteiger partial charge on any atom is 0.186 e. The Morgan fingerprint density at radius 3 is 2.40 bits per heavy atom. The van der Waals surface area contributed by atoms with E-state index in [1.807, 2.05) is 0 Å². The molecule has 0 amide bonds. The van der Waals surface area contributed by atoms with Crippen LogP contribution in [0.1, 0.15) is 93.4 Å². The molecule has 0 unspecified atom stereocenters. The van der Waals surface area contributed by atoms with Gasteiger partial charge < -0.3 is 39.4 Å². The van der Waals surface area contributed by atoms with Gasteiger partial charge in [-0.25, -0.2) is 0 Å². The Bertz CT molecular complexity index is 1170. The highest BCUT2D eigenvalue weighted by molar-refractivity contribution is 5.33. The highest BCUT2D eigenvalue weighted by Crippen LogP contribution is 2.77. The van der Waals surface area contributed by atoms with Crippen LogP contribution >= 0.6 is 0 Å². The molecule has 4 N–H and O–H groups in total. The molecule has 3 saturated carbocycles. The minimum atomic E-state index is -1.46. The molecule has 2 saturated heterocycles. The van der Waals surface area contributed by atoms with E-state index < -0.39 is 48.3 Å². The summed E-state index contributed by atoms with van der Waals surface area (Å²) < 4.78 is 24.9. The fourth-order valence-electron chi connectivity index (χ4n) is 11.6. The molecule has 6 aliphatic rings. The van der Waals surface area contributed by atoms with E-state index in [9.17, 15) is 20.4 Å². The van der Waals surface area contributed by atoms with E-state index in [4.69, 9.17) is 18.9 Å². The van der Waals surface area contributed by atoms with Gasteiger partial charge in [-0.15, -0.1) is 0 Å². The van der Waals surface area contributed by atoms with Gasteiger partial charge in [0.25, 0.3) is 0 Å². The minimum Gasteiger partial charge on any atom is -0.394 e. The Balaban J connectivity index is 1.24. The number of aliphatic hydroxyl groups excluding tert-OH is 4. The second kappa shape index (κ2) is 11.4. The van der Waals surface area contributed by atoms with Gasteiger partial charge in [0, 0.05) is 23.9 Å². The summed E-state index contributed by atoms with van der Waals surface area (Å²) >= 11 is 0.